The summed E-state index contributed by atoms with van der Waals surface area (Å²) in [5, 5.41) is 4.46. The highest BCUT2D eigenvalue weighted by Gasteiger charge is 2.16. The van der Waals surface area contributed by atoms with E-state index in [0.717, 1.165) is 18.4 Å². The molecular weight excluding hydrogens is 206 g/mol. The lowest BCUT2D eigenvalue weighted by atomic mass is 10.1. The second kappa shape index (κ2) is 6.77. The molecule has 2 unspecified atom stereocenters. The smallest absolute Gasteiger partial charge is 0.0588 e. The molecule has 15 heavy (non-hydrogen) atoms. The van der Waals surface area contributed by atoms with Crippen molar-refractivity contribution in [3.8, 4) is 0 Å². The predicted octanol–water partition coefficient (Wildman–Crippen LogP) is 2.43. The van der Waals surface area contributed by atoms with Crippen LogP contribution in [0.15, 0.2) is 0 Å². The summed E-state index contributed by atoms with van der Waals surface area (Å²) in [5.74, 6) is 1.37. The largest absolute Gasteiger partial charge is 0.378 e. The van der Waals surface area contributed by atoms with E-state index >= 15 is 0 Å². The zero-order valence-corrected chi connectivity index (χ0v) is 10.4. The molecule has 2 aliphatic heterocycles. The van der Waals surface area contributed by atoms with Gasteiger partial charge in [-0.2, -0.15) is 11.8 Å². The number of ether oxygens (including phenoxy) is 1. The number of thioether (sulfide) groups is 1. The maximum atomic E-state index is 5.60. The highest BCUT2D eigenvalue weighted by atomic mass is 32.2. The maximum absolute atomic E-state index is 5.60. The molecule has 0 spiro atoms. The fourth-order valence-electron chi connectivity index (χ4n) is 2.37. The molecule has 3 heteroatoms. The highest BCUT2D eigenvalue weighted by Crippen LogP contribution is 2.24. The van der Waals surface area contributed by atoms with Crippen LogP contribution >= 0.6 is 11.8 Å². The van der Waals surface area contributed by atoms with Gasteiger partial charge in [0.1, 0.15) is 0 Å². The minimum absolute atomic E-state index is 0.552. The van der Waals surface area contributed by atoms with E-state index in [2.05, 4.69) is 17.1 Å². The first-order valence-electron chi connectivity index (χ1n) is 6.39. The summed E-state index contributed by atoms with van der Waals surface area (Å²) in [6.07, 6.45) is 8.58. The molecule has 0 bridgehead atoms. The molecule has 2 rings (SSSR count). The minimum atomic E-state index is 0.552. The van der Waals surface area contributed by atoms with Crippen molar-refractivity contribution in [3.63, 3.8) is 0 Å². The van der Waals surface area contributed by atoms with Crippen LogP contribution in [-0.4, -0.2) is 36.8 Å². The lowest BCUT2D eigenvalue weighted by Gasteiger charge is -2.21. The molecule has 0 radical (unpaired) electrons. The van der Waals surface area contributed by atoms with E-state index in [9.17, 15) is 0 Å². The second-order valence-corrected chi connectivity index (χ2v) is 6.02. The summed E-state index contributed by atoms with van der Waals surface area (Å²) < 4.78 is 5.60. The van der Waals surface area contributed by atoms with Crippen LogP contribution in [0.2, 0.25) is 0 Å². The van der Waals surface area contributed by atoms with Crippen molar-refractivity contribution in [2.45, 2.75) is 49.9 Å². The summed E-state index contributed by atoms with van der Waals surface area (Å²) in [6, 6.07) is 0. The molecule has 0 amide bonds. The Balaban J connectivity index is 1.47. The Labute approximate surface area is 97.5 Å². The number of rotatable bonds is 5. The molecule has 88 valence electrons. The molecule has 0 aromatic heterocycles. The molecule has 2 heterocycles. The summed E-state index contributed by atoms with van der Waals surface area (Å²) >= 11 is 2.15. The van der Waals surface area contributed by atoms with Gasteiger partial charge in [0.25, 0.3) is 0 Å². The summed E-state index contributed by atoms with van der Waals surface area (Å²) in [7, 11) is 0. The third-order valence-corrected chi connectivity index (χ3v) is 4.71. The third-order valence-electron chi connectivity index (χ3n) is 3.31. The van der Waals surface area contributed by atoms with Crippen LogP contribution in [-0.2, 0) is 4.74 Å². The van der Waals surface area contributed by atoms with Crippen molar-refractivity contribution in [1.29, 1.82) is 0 Å². The first-order chi connectivity index (χ1) is 7.45. The molecule has 2 nitrogen and oxygen atoms in total. The molecule has 2 fully saturated rings. The summed E-state index contributed by atoms with van der Waals surface area (Å²) in [4.78, 5) is 0. The maximum Gasteiger partial charge on any atom is 0.0588 e. The van der Waals surface area contributed by atoms with E-state index in [0.29, 0.717) is 6.10 Å². The molecule has 1 N–H and O–H groups in total. The Bertz CT molecular complexity index is 165. The third kappa shape index (κ3) is 4.33. The molecule has 2 saturated heterocycles. The normalized spacial score (nSPS) is 32.0. The van der Waals surface area contributed by atoms with Crippen molar-refractivity contribution in [1.82, 2.24) is 5.32 Å². The summed E-state index contributed by atoms with van der Waals surface area (Å²) in [5.41, 5.74) is 0. The van der Waals surface area contributed by atoms with Crippen LogP contribution in [0.4, 0.5) is 0 Å². The lowest BCUT2D eigenvalue weighted by molar-refractivity contribution is 0.104. The molecule has 0 aromatic rings. The first kappa shape index (κ1) is 11.7. The number of hydrogen-bond donors (Lipinski definition) is 1. The van der Waals surface area contributed by atoms with Gasteiger partial charge in [-0.3, -0.25) is 0 Å². The number of nitrogens with one attached hydrogen (secondary N) is 1. The molecule has 2 aliphatic rings. The standard InChI is InChI=1S/C12H23NOS/c1-2-9-15-12(5-1)10-13-7-6-11-4-3-8-14-11/h11-13H,1-10H2. The quantitative estimate of drug-likeness (QED) is 0.732. The van der Waals surface area contributed by atoms with E-state index in [1.165, 1.54) is 50.8 Å². The first-order valence-corrected chi connectivity index (χ1v) is 7.44. The fourth-order valence-corrected chi connectivity index (χ4v) is 3.64. The van der Waals surface area contributed by atoms with Gasteiger partial charge >= 0.3 is 0 Å². The van der Waals surface area contributed by atoms with Gasteiger partial charge in [0, 0.05) is 18.4 Å². The highest BCUT2D eigenvalue weighted by molar-refractivity contribution is 7.99. The van der Waals surface area contributed by atoms with Gasteiger partial charge in [0.2, 0.25) is 0 Å². The van der Waals surface area contributed by atoms with Gasteiger partial charge in [-0.15, -0.1) is 0 Å². The fraction of sp³-hybridized carbons (Fsp3) is 1.00. The van der Waals surface area contributed by atoms with Crippen LogP contribution < -0.4 is 5.32 Å². The molecule has 2 atom stereocenters. The van der Waals surface area contributed by atoms with Crippen molar-refractivity contribution < 1.29 is 4.74 Å². The molecular formula is C12H23NOS. The van der Waals surface area contributed by atoms with Crippen molar-refractivity contribution in [3.05, 3.63) is 0 Å². The monoisotopic (exact) mass is 229 g/mol. The van der Waals surface area contributed by atoms with Crippen molar-refractivity contribution in [2.75, 3.05) is 25.4 Å². The van der Waals surface area contributed by atoms with Gasteiger partial charge in [-0.25, -0.2) is 0 Å². The van der Waals surface area contributed by atoms with Gasteiger partial charge in [-0.05, 0) is 44.4 Å². The topological polar surface area (TPSA) is 21.3 Å². The second-order valence-electron chi connectivity index (χ2n) is 4.62. The Morgan fingerprint density at radius 1 is 1.20 bits per heavy atom. The van der Waals surface area contributed by atoms with Crippen molar-refractivity contribution >= 4 is 11.8 Å². The van der Waals surface area contributed by atoms with Gasteiger partial charge < -0.3 is 10.1 Å². The van der Waals surface area contributed by atoms with E-state index in [4.69, 9.17) is 4.74 Å². The zero-order chi connectivity index (χ0) is 10.3. The average Bonchev–Trinajstić information content (AvgIpc) is 2.79. The van der Waals surface area contributed by atoms with Crippen molar-refractivity contribution in [2.24, 2.45) is 0 Å². The van der Waals surface area contributed by atoms with Gasteiger partial charge in [-0.1, -0.05) is 6.42 Å². The van der Waals surface area contributed by atoms with Gasteiger partial charge in [0.05, 0.1) is 6.10 Å². The SMILES string of the molecule is C1CCC(CNCCC2CCCO2)SC1. The van der Waals surface area contributed by atoms with E-state index in [1.54, 1.807) is 0 Å². The Hall–Kier alpha value is 0.270. The van der Waals surface area contributed by atoms with E-state index in [-0.39, 0.29) is 0 Å². The molecule has 0 aromatic carbocycles. The Kier molecular flexibility index (Phi) is 5.30. The zero-order valence-electron chi connectivity index (χ0n) is 9.54. The Morgan fingerprint density at radius 3 is 2.93 bits per heavy atom. The van der Waals surface area contributed by atoms with Crippen LogP contribution in [0.1, 0.15) is 38.5 Å². The number of hydrogen-bond acceptors (Lipinski definition) is 3. The lowest BCUT2D eigenvalue weighted by Crippen LogP contribution is -2.29. The molecule has 0 aliphatic carbocycles. The van der Waals surface area contributed by atoms with Crippen LogP contribution in [0, 0.1) is 0 Å². The Morgan fingerprint density at radius 2 is 2.20 bits per heavy atom. The van der Waals surface area contributed by atoms with Gasteiger partial charge in [0.15, 0.2) is 0 Å². The average molecular weight is 229 g/mol. The minimum Gasteiger partial charge on any atom is -0.378 e. The van der Waals surface area contributed by atoms with E-state index < -0.39 is 0 Å². The predicted molar refractivity (Wildman–Crippen MR) is 66.6 cm³/mol. The van der Waals surface area contributed by atoms with Crippen LogP contribution in [0.25, 0.3) is 0 Å². The van der Waals surface area contributed by atoms with Crippen LogP contribution in [0.5, 0.6) is 0 Å². The molecule has 0 saturated carbocycles. The van der Waals surface area contributed by atoms with Crippen LogP contribution in [0.3, 0.4) is 0 Å². The van der Waals surface area contributed by atoms with E-state index in [1.807, 2.05) is 0 Å². The summed E-state index contributed by atoms with van der Waals surface area (Å²) in [6.45, 7) is 3.34.